The van der Waals surface area contributed by atoms with Gasteiger partial charge in [-0.3, -0.25) is 4.79 Å². The molecule has 4 N–H and O–H groups in total. The number of nitrogen functional groups attached to an aromatic ring is 1. The fraction of sp³-hybridized carbons (Fsp3) is 0.300. The third-order valence-electron chi connectivity index (χ3n) is 5.59. The molecule has 8 heteroatoms. The molecule has 144 valence electrons. The summed E-state index contributed by atoms with van der Waals surface area (Å²) >= 11 is 1.47. The second-order valence-corrected chi connectivity index (χ2v) is 8.38. The van der Waals surface area contributed by atoms with Gasteiger partial charge >= 0.3 is 0 Å². The molecular weight excluding hydrogens is 372 g/mol. The fourth-order valence-corrected chi connectivity index (χ4v) is 4.70. The van der Waals surface area contributed by atoms with Crippen molar-refractivity contribution < 1.29 is 0 Å². The topological polar surface area (TPSA) is 94.0 Å². The summed E-state index contributed by atoms with van der Waals surface area (Å²) in [5.41, 5.74) is 11.2. The Balaban J connectivity index is 1.68. The summed E-state index contributed by atoms with van der Waals surface area (Å²) in [7, 11) is 4.27. The lowest BCUT2D eigenvalue weighted by molar-refractivity contribution is 0.341. The maximum absolute atomic E-state index is 12.7. The van der Waals surface area contributed by atoms with Gasteiger partial charge < -0.3 is 25.5 Å². The monoisotopic (exact) mass is 394 g/mol. The Hall–Kier alpha value is -2.84. The van der Waals surface area contributed by atoms with Gasteiger partial charge in [-0.2, -0.15) is 0 Å². The van der Waals surface area contributed by atoms with Gasteiger partial charge in [-0.1, -0.05) is 0 Å². The summed E-state index contributed by atoms with van der Waals surface area (Å²) in [6, 6.07) is 6.20. The molecule has 0 spiro atoms. The highest BCUT2D eigenvalue weighted by molar-refractivity contribution is 7.16. The van der Waals surface area contributed by atoms with Crippen molar-refractivity contribution in [2.75, 3.05) is 44.4 Å². The molecule has 1 aromatic carbocycles. The summed E-state index contributed by atoms with van der Waals surface area (Å²) in [6.45, 7) is 3.02. The number of H-pyrrole nitrogens is 2. The van der Waals surface area contributed by atoms with Crippen molar-refractivity contribution in [2.45, 2.75) is 6.42 Å². The van der Waals surface area contributed by atoms with Crippen LogP contribution in [0.15, 0.2) is 28.4 Å². The Morgan fingerprint density at radius 2 is 2.04 bits per heavy atom. The van der Waals surface area contributed by atoms with Crippen LogP contribution in [0.25, 0.3) is 32.6 Å². The van der Waals surface area contributed by atoms with Crippen molar-refractivity contribution in [3.8, 4) is 11.4 Å². The maximum Gasteiger partial charge on any atom is 0.262 e. The standard InChI is InChI=1S/C20H22N6OS/c1-25-5-3-11-9-13-14(10-15(11)26(2)7-6-25)23-18(22-13)16-17(21)12-4-8-28-20(12)24-19(16)27/h4,8-10H,3,5-7H2,1-2H3,(H,22,23)(H3,21,24,27). The van der Waals surface area contributed by atoms with Crippen molar-refractivity contribution in [1.82, 2.24) is 19.9 Å². The van der Waals surface area contributed by atoms with E-state index in [4.69, 9.17) is 10.7 Å². The second kappa shape index (κ2) is 6.35. The molecule has 0 unspecified atom stereocenters. The van der Waals surface area contributed by atoms with Gasteiger partial charge in [0.25, 0.3) is 5.56 Å². The fourth-order valence-electron chi connectivity index (χ4n) is 3.90. The number of pyridine rings is 1. The molecule has 0 fully saturated rings. The third-order valence-corrected chi connectivity index (χ3v) is 6.42. The van der Waals surface area contributed by atoms with Gasteiger partial charge in [0, 0.05) is 37.8 Å². The van der Waals surface area contributed by atoms with Gasteiger partial charge in [-0.05, 0) is 42.6 Å². The van der Waals surface area contributed by atoms with E-state index in [9.17, 15) is 4.79 Å². The van der Waals surface area contributed by atoms with Crippen LogP contribution < -0.4 is 16.2 Å². The first kappa shape index (κ1) is 17.3. The van der Waals surface area contributed by atoms with Crippen LogP contribution in [0.2, 0.25) is 0 Å². The minimum atomic E-state index is -0.219. The van der Waals surface area contributed by atoms with Crippen LogP contribution in [0.1, 0.15) is 5.56 Å². The van der Waals surface area contributed by atoms with Crippen LogP contribution in [0.5, 0.6) is 0 Å². The average Bonchev–Trinajstić information content (AvgIpc) is 3.28. The Morgan fingerprint density at radius 1 is 1.18 bits per heavy atom. The lowest BCUT2D eigenvalue weighted by Crippen LogP contribution is -2.34. The van der Waals surface area contributed by atoms with Crippen LogP contribution in [0, 0.1) is 0 Å². The maximum atomic E-state index is 12.7. The molecule has 28 heavy (non-hydrogen) atoms. The number of anilines is 2. The number of hydrogen-bond donors (Lipinski definition) is 3. The highest BCUT2D eigenvalue weighted by Crippen LogP contribution is 2.32. The van der Waals surface area contributed by atoms with Crippen molar-refractivity contribution in [3.63, 3.8) is 0 Å². The van der Waals surface area contributed by atoms with Crippen LogP contribution in [-0.4, -0.2) is 53.6 Å². The molecule has 0 atom stereocenters. The highest BCUT2D eigenvalue weighted by Gasteiger charge is 2.19. The summed E-state index contributed by atoms with van der Waals surface area (Å²) in [5, 5.41) is 2.78. The van der Waals surface area contributed by atoms with E-state index in [1.165, 1.54) is 22.6 Å². The van der Waals surface area contributed by atoms with E-state index < -0.39 is 0 Å². The molecule has 0 amide bonds. The van der Waals surface area contributed by atoms with E-state index in [1.807, 2.05) is 11.4 Å². The molecule has 4 aromatic rings. The molecule has 0 saturated carbocycles. The molecule has 1 aliphatic rings. The molecule has 0 aliphatic carbocycles. The normalized spacial score (nSPS) is 15.7. The number of hydrogen-bond acceptors (Lipinski definition) is 6. The number of thiophene rings is 1. The van der Waals surface area contributed by atoms with Crippen LogP contribution in [-0.2, 0) is 6.42 Å². The summed E-state index contributed by atoms with van der Waals surface area (Å²) in [5.74, 6) is 0.514. The molecule has 0 saturated heterocycles. The van der Waals surface area contributed by atoms with Gasteiger partial charge in [0.2, 0.25) is 0 Å². The molecule has 1 aliphatic heterocycles. The number of nitrogens with zero attached hydrogens (tertiary/aromatic N) is 3. The highest BCUT2D eigenvalue weighted by atomic mass is 32.1. The number of aromatic nitrogens is 3. The van der Waals surface area contributed by atoms with Gasteiger partial charge in [0.15, 0.2) is 0 Å². The number of aromatic amines is 2. The Labute approximate surface area is 165 Å². The first-order chi connectivity index (χ1) is 13.5. The van der Waals surface area contributed by atoms with Crippen molar-refractivity contribution in [2.24, 2.45) is 0 Å². The Bertz CT molecular complexity index is 1250. The third kappa shape index (κ3) is 2.68. The lowest BCUT2D eigenvalue weighted by atomic mass is 10.1. The van der Waals surface area contributed by atoms with Crippen molar-refractivity contribution in [3.05, 3.63) is 39.5 Å². The van der Waals surface area contributed by atoms with Crippen molar-refractivity contribution >= 4 is 44.0 Å². The van der Waals surface area contributed by atoms with E-state index in [1.54, 1.807) is 0 Å². The summed E-state index contributed by atoms with van der Waals surface area (Å²) in [6.07, 6.45) is 0.976. The smallest absolute Gasteiger partial charge is 0.262 e. The number of fused-ring (bicyclic) bond motifs is 3. The Morgan fingerprint density at radius 3 is 2.89 bits per heavy atom. The first-order valence-corrected chi connectivity index (χ1v) is 10.2. The molecule has 4 heterocycles. The zero-order chi connectivity index (χ0) is 19.4. The molecule has 5 rings (SSSR count). The molecule has 0 bridgehead atoms. The predicted molar refractivity (Wildman–Crippen MR) is 116 cm³/mol. The van der Waals surface area contributed by atoms with Gasteiger partial charge in [0.05, 0.1) is 16.7 Å². The van der Waals surface area contributed by atoms with Crippen molar-refractivity contribution in [1.29, 1.82) is 0 Å². The number of imidazole rings is 1. The average molecular weight is 395 g/mol. The number of nitrogens with two attached hydrogens (primary N) is 1. The lowest BCUT2D eigenvalue weighted by Gasteiger charge is -2.29. The summed E-state index contributed by atoms with van der Waals surface area (Å²) in [4.78, 5) is 29.0. The zero-order valence-electron chi connectivity index (χ0n) is 15.9. The van der Waals surface area contributed by atoms with E-state index in [0.29, 0.717) is 17.1 Å². The number of nitrogens with one attached hydrogen (secondary N) is 2. The van der Waals surface area contributed by atoms with Gasteiger partial charge in [-0.25, -0.2) is 4.98 Å². The van der Waals surface area contributed by atoms with E-state index >= 15 is 0 Å². The first-order valence-electron chi connectivity index (χ1n) is 9.33. The quantitative estimate of drug-likeness (QED) is 0.461. The van der Waals surface area contributed by atoms with E-state index in [0.717, 1.165) is 47.3 Å². The van der Waals surface area contributed by atoms with Crippen LogP contribution in [0.4, 0.5) is 11.4 Å². The zero-order valence-corrected chi connectivity index (χ0v) is 16.7. The Kier molecular flexibility index (Phi) is 3.92. The van der Waals surface area contributed by atoms with Crippen LogP contribution in [0.3, 0.4) is 0 Å². The molecule has 3 aromatic heterocycles. The number of likely N-dealkylation sites (N-methyl/N-ethyl adjacent to an activating group) is 2. The molecule has 0 radical (unpaired) electrons. The summed E-state index contributed by atoms with van der Waals surface area (Å²) < 4.78 is 0. The van der Waals surface area contributed by atoms with E-state index in [-0.39, 0.29) is 5.56 Å². The molecular formula is C20H22N6OS. The van der Waals surface area contributed by atoms with Gasteiger partial charge in [-0.15, -0.1) is 11.3 Å². The minimum Gasteiger partial charge on any atom is -0.397 e. The second-order valence-electron chi connectivity index (χ2n) is 7.46. The number of benzene rings is 1. The SMILES string of the molecule is CN1CCc2cc3[nH]c(-c4c(N)c5ccsc5[nH]c4=O)nc3cc2N(C)CC1. The molecule has 7 nitrogen and oxygen atoms in total. The minimum absolute atomic E-state index is 0.219. The van der Waals surface area contributed by atoms with Crippen LogP contribution >= 0.6 is 11.3 Å². The largest absolute Gasteiger partial charge is 0.397 e. The van der Waals surface area contributed by atoms with E-state index in [2.05, 4.69) is 46.0 Å². The predicted octanol–water partition coefficient (Wildman–Crippen LogP) is 2.64. The van der Waals surface area contributed by atoms with Gasteiger partial charge in [0.1, 0.15) is 16.2 Å². The number of rotatable bonds is 1.